The van der Waals surface area contributed by atoms with Gasteiger partial charge in [0.2, 0.25) is 0 Å². The molecule has 0 aliphatic carbocycles. The molecule has 3 nitrogen and oxygen atoms in total. The SMILES string of the molecule is NCCN1C2COCC1C2. The monoisotopic (exact) mass is 142 g/mol. The Kier molecular flexibility index (Phi) is 1.64. The summed E-state index contributed by atoms with van der Waals surface area (Å²) in [5.74, 6) is 0. The second-order valence-corrected chi connectivity index (χ2v) is 3.11. The first kappa shape index (κ1) is 6.58. The molecule has 10 heavy (non-hydrogen) atoms. The fourth-order valence-corrected chi connectivity index (χ4v) is 1.93. The van der Waals surface area contributed by atoms with Crippen molar-refractivity contribution in [3.05, 3.63) is 0 Å². The van der Waals surface area contributed by atoms with Crippen LogP contribution in [-0.2, 0) is 4.74 Å². The van der Waals surface area contributed by atoms with E-state index in [9.17, 15) is 0 Å². The highest BCUT2D eigenvalue weighted by Gasteiger charge is 2.41. The topological polar surface area (TPSA) is 38.5 Å². The molecule has 0 amide bonds. The van der Waals surface area contributed by atoms with E-state index < -0.39 is 0 Å². The molecule has 0 aromatic rings. The molecule has 58 valence electrons. The lowest BCUT2D eigenvalue weighted by Crippen LogP contribution is -2.64. The first-order valence-electron chi connectivity index (χ1n) is 3.95. The van der Waals surface area contributed by atoms with Crippen molar-refractivity contribution in [2.24, 2.45) is 5.73 Å². The molecule has 3 aliphatic rings. The van der Waals surface area contributed by atoms with Gasteiger partial charge in [0.05, 0.1) is 13.2 Å². The molecule has 3 heteroatoms. The molecule has 2 unspecified atom stereocenters. The van der Waals surface area contributed by atoms with Crippen LogP contribution in [0.3, 0.4) is 0 Å². The number of rotatable bonds is 2. The number of nitrogens with two attached hydrogens (primary N) is 1. The van der Waals surface area contributed by atoms with Gasteiger partial charge in [-0.3, -0.25) is 4.90 Å². The average molecular weight is 142 g/mol. The van der Waals surface area contributed by atoms with Gasteiger partial charge in [-0.05, 0) is 6.42 Å². The van der Waals surface area contributed by atoms with E-state index in [4.69, 9.17) is 10.5 Å². The lowest BCUT2D eigenvalue weighted by molar-refractivity contribution is -0.125. The van der Waals surface area contributed by atoms with E-state index in [-0.39, 0.29) is 0 Å². The Bertz CT molecular complexity index is 115. The van der Waals surface area contributed by atoms with Gasteiger partial charge in [0.15, 0.2) is 0 Å². The van der Waals surface area contributed by atoms with Crippen molar-refractivity contribution < 1.29 is 4.74 Å². The van der Waals surface area contributed by atoms with E-state index >= 15 is 0 Å². The summed E-state index contributed by atoms with van der Waals surface area (Å²) in [6, 6.07) is 1.39. The summed E-state index contributed by atoms with van der Waals surface area (Å²) < 4.78 is 5.33. The Morgan fingerprint density at radius 3 is 2.60 bits per heavy atom. The maximum Gasteiger partial charge on any atom is 0.0623 e. The highest BCUT2D eigenvalue weighted by Crippen LogP contribution is 2.29. The van der Waals surface area contributed by atoms with Crippen molar-refractivity contribution in [3.8, 4) is 0 Å². The van der Waals surface area contributed by atoms with Crippen molar-refractivity contribution in [2.45, 2.75) is 18.5 Å². The van der Waals surface area contributed by atoms with Crippen LogP contribution in [-0.4, -0.2) is 43.3 Å². The van der Waals surface area contributed by atoms with Crippen LogP contribution in [0.25, 0.3) is 0 Å². The molecule has 2 atom stereocenters. The van der Waals surface area contributed by atoms with E-state index in [2.05, 4.69) is 4.90 Å². The van der Waals surface area contributed by atoms with Crippen LogP contribution < -0.4 is 5.73 Å². The molecule has 0 saturated carbocycles. The van der Waals surface area contributed by atoms with E-state index in [1.54, 1.807) is 0 Å². The second-order valence-electron chi connectivity index (χ2n) is 3.11. The Balaban J connectivity index is 1.87. The minimum absolute atomic E-state index is 0.697. The molecule has 0 radical (unpaired) electrons. The third kappa shape index (κ3) is 0.856. The summed E-state index contributed by atoms with van der Waals surface area (Å²) in [6.07, 6.45) is 1.33. The smallest absolute Gasteiger partial charge is 0.0623 e. The first-order valence-corrected chi connectivity index (χ1v) is 3.95. The van der Waals surface area contributed by atoms with Crippen molar-refractivity contribution in [3.63, 3.8) is 0 Å². The third-order valence-electron chi connectivity index (χ3n) is 2.49. The zero-order valence-corrected chi connectivity index (χ0v) is 6.12. The van der Waals surface area contributed by atoms with Crippen molar-refractivity contribution >= 4 is 0 Å². The van der Waals surface area contributed by atoms with Crippen LogP contribution in [0, 0.1) is 0 Å². The van der Waals surface area contributed by atoms with E-state index in [0.717, 1.165) is 26.3 Å². The Morgan fingerprint density at radius 2 is 2.10 bits per heavy atom. The van der Waals surface area contributed by atoms with Crippen LogP contribution in [0.2, 0.25) is 0 Å². The highest BCUT2D eigenvalue weighted by atomic mass is 16.5. The molecule has 3 rings (SSSR count). The molecule has 2 bridgehead atoms. The number of morpholine rings is 1. The van der Waals surface area contributed by atoms with Crippen molar-refractivity contribution in [1.82, 2.24) is 4.90 Å². The molecule has 0 aromatic heterocycles. The zero-order valence-electron chi connectivity index (χ0n) is 6.12. The molecule has 3 saturated heterocycles. The number of ether oxygens (including phenoxy) is 1. The highest BCUT2D eigenvalue weighted by molar-refractivity contribution is 4.95. The first-order chi connectivity index (χ1) is 4.92. The van der Waals surface area contributed by atoms with Gasteiger partial charge in [0.25, 0.3) is 0 Å². The Labute approximate surface area is 61.1 Å². The summed E-state index contributed by atoms with van der Waals surface area (Å²) in [4.78, 5) is 2.46. The average Bonchev–Trinajstić information content (AvgIpc) is 2.01. The minimum Gasteiger partial charge on any atom is -0.378 e. The van der Waals surface area contributed by atoms with Crippen LogP contribution in [0.4, 0.5) is 0 Å². The van der Waals surface area contributed by atoms with Crippen LogP contribution in [0.15, 0.2) is 0 Å². The normalized spacial score (nSPS) is 39.3. The Morgan fingerprint density at radius 1 is 1.40 bits per heavy atom. The molecule has 0 aromatic carbocycles. The van der Waals surface area contributed by atoms with Gasteiger partial charge in [-0.15, -0.1) is 0 Å². The fraction of sp³-hybridized carbons (Fsp3) is 1.00. The van der Waals surface area contributed by atoms with Crippen LogP contribution in [0.1, 0.15) is 6.42 Å². The maximum absolute atomic E-state index is 5.46. The van der Waals surface area contributed by atoms with E-state index in [0.29, 0.717) is 12.1 Å². The summed E-state index contributed by atoms with van der Waals surface area (Å²) in [5, 5.41) is 0. The standard InChI is InChI=1S/C7H14N2O/c8-1-2-9-6-3-7(9)5-10-4-6/h6-7H,1-5,8H2. The molecule has 3 fully saturated rings. The summed E-state index contributed by atoms with van der Waals surface area (Å²) in [5.41, 5.74) is 5.46. The third-order valence-corrected chi connectivity index (χ3v) is 2.49. The number of hydrogen-bond donors (Lipinski definition) is 1. The molecule has 0 spiro atoms. The molecule has 2 N–H and O–H groups in total. The predicted octanol–water partition coefficient (Wildman–Crippen LogP) is -0.582. The number of nitrogens with zero attached hydrogens (tertiary/aromatic N) is 1. The van der Waals surface area contributed by atoms with Gasteiger partial charge in [-0.25, -0.2) is 0 Å². The quantitative estimate of drug-likeness (QED) is 0.560. The lowest BCUT2D eigenvalue weighted by Gasteiger charge is -2.52. The minimum atomic E-state index is 0.697. The van der Waals surface area contributed by atoms with Gasteiger partial charge in [-0.1, -0.05) is 0 Å². The molecule has 3 heterocycles. The summed E-state index contributed by atoms with van der Waals surface area (Å²) in [7, 11) is 0. The van der Waals surface area contributed by atoms with Crippen LogP contribution >= 0.6 is 0 Å². The molecular formula is C7H14N2O. The van der Waals surface area contributed by atoms with E-state index in [1.165, 1.54) is 6.42 Å². The Hall–Kier alpha value is -0.120. The zero-order chi connectivity index (χ0) is 6.97. The molecular weight excluding hydrogens is 128 g/mol. The lowest BCUT2D eigenvalue weighted by atomic mass is 9.91. The fourth-order valence-electron chi connectivity index (χ4n) is 1.93. The summed E-state index contributed by atoms with van der Waals surface area (Å²) in [6.45, 7) is 3.69. The number of hydrogen-bond acceptors (Lipinski definition) is 3. The van der Waals surface area contributed by atoms with E-state index in [1.807, 2.05) is 0 Å². The summed E-state index contributed by atoms with van der Waals surface area (Å²) >= 11 is 0. The van der Waals surface area contributed by atoms with Gasteiger partial charge in [0.1, 0.15) is 0 Å². The van der Waals surface area contributed by atoms with Crippen LogP contribution in [0.5, 0.6) is 0 Å². The van der Waals surface area contributed by atoms with Gasteiger partial charge < -0.3 is 10.5 Å². The largest absolute Gasteiger partial charge is 0.378 e. The van der Waals surface area contributed by atoms with Gasteiger partial charge in [0, 0.05) is 25.2 Å². The second kappa shape index (κ2) is 2.49. The number of fused-ring (bicyclic) bond motifs is 2. The maximum atomic E-state index is 5.46. The van der Waals surface area contributed by atoms with Gasteiger partial charge >= 0.3 is 0 Å². The molecule has 3 aliphatic heterocycles. The van der Waals surface area contributed by atoms with Crippen molar-refractivity contribution in [1.29, 1.82) is 0 Å². The predicted molar refractivity (Wildman–Crippen MR) is 38.8 cm³/mol. The van der Waals surface area contributed by atoms with Crippen molar-refractivity contribution in [2.75, 3.05) is 26.3 Å². The van der Waals surface area contributed by atoms with Gasteiger partial charge in [-0.2, -0.15) is 0 Å².